The summed E-state index contributed by atoms with van der Waals surface area (Å²) in [7, 11) is 2.08. The largest absolute Gasteiger partial charge is 0.349 e. The lowest BCUT2D eigenvalue weighted by Gasteiger charge is -1.95. The number of hydrogen-bond donors (Lipinski definition) is 0. The van der Waals surface area contributed by atoms with E-state index >= 15 is 0 Å². The van der Waals surface area contributed by atoms with E-state index < -0.39 is 0 Å². The van der Waals surface area contributed by atoms with E-state index in [1.165, 1.54) is 15.8 Å². The molecule has 2 aromatic rings. The number of thioether (sulfide) groups is 1. The maximum Gasteiger partial charge on any atom is 0.0490 e. The molecule has 0 fully saturated rings. The van der Waals surface area contributed by atoms with Gasteiger partial charge in [0.15, 0.2) is 0 Å². The quantitative estimate of drug-likeness (QED) is 0.705. The molecule has 0 bridgehead atoms. The van der Waals surface area contributed by atoms with E-state index in [0.29, 0.717) is 0 Å². The predicted molar refractivity (Wildman–Crippen MR) is 62.4 cm³/mol. The lowest BCUT2D eigenvalue weighted by atomic mass is 10.2. The second-order valence-electron chi connectivity index (χ2n) is 2.97. The maximum atomic E-state index is 3.49. The van der Waals surface area contributed by atoms with Crippen LogP contribution in [-0.4, -0.2) is 10.8 Å². The summed E-state index contributed by atoms with van der Waals surface area (Å²) in [5, 5.41) is 1.32. The Morgan fingerprint density at radius 1 is 1.38 bits per heavy atom. The Morgan fingerprint density at radius 2 is 2.15 bits per heavy atom. The van der Waals surface area contributed by atoms with Crippen molar-refractivity contribution in [1.29, 1.82) is 0 Å². The van der Waals surface area contributed by atoms with Crippen LogP contribution in [0.5, 0.6) is 0 Å². The van der Waals surface area contributed by atoms with Gasteiger partial charge in [0.05, 0.1) is 0 Å². The molecule has 0 amide bonds. The molecule has 0 aliphatic heterocycles. The first-order valence-electron chi connectivity index (χ1n) is 4.01. The second kappa shape index (κ2) is 3.39. The number of halogens is 1. The fraction of sp³-hybridized carbons (Fsp3) is 0.200. The molecule has 0 aliphatic carbocycles. The molecule has 1 aromatic heterocycles. The van der Waals surface area contributed by atoms with E-state index in [2.05, 4.69) is 58.2 Å². The Hall–Kier alpha value is -0.410. The molecule has 0 saturated carbocycles. The van der Waals surface area contributed by atoms with Crippen molar-refractivity contribution in [3.8, 4) is 0 Å². The van der Waals surface area contributed by atoms with Crippen molar-refractivity contribution < 1.29 is 0 Å². The molecular weight excluding hydrogens is 246 g/mol. The van der Waals surface area contributed by atoms with Crippen molar-refractivity contribution in [2.45, 2.75) is 4.90 Å². The van der Waals surface area contributed by atoms with Crippen LogP contribution in [-0.2, 0) is 7.05 Å². The van der Waals surface area contributed by atoms with E-state index in [9.17, 15) is 0 Å². The fourth-order valence-electron chi connectivity index (χ4n) is 1.49. The monoisotopic (exact) mass is 255 g/mol. The van der Waals surface area contributed by atoms with E-state index in [1.54, 1.807) is 11.8 Å². The highest BCUT2D eigenvalue weighted by atomic mass is 79.9. The summed E-state index contributed by atoms with van der Waals surface area (Å²) < 4.78 is 3.30. The minimum atomic E-state index is 1.14. The lowest BCUT2D eigenvalue weighted by molar-refractivity contribution is 0.958. The highest BCUT2D eigenvalue weighted by Gasteiger charge is 2.04. The van der Waals surface area contributed by atoms with Crippen LogP contribution < -0.4 is 0 Å². The molecule has 1 aromatic carbocycles. The molecule has 0 atom stereocenters. The maximum absolute atomic E-state index is 3.49. The molecule has 0 aliphatic rings. The van der Waals surface area contributed by atoms with Gasteiger partial charge in [0.2, 0.25) is 0 Å². The number of rotatable bonds is 1. The highest BCUT2D eigenvalue weighted by Crippen LogP contribution is 2.29. The van der Waals surface area contributed by atoms with Crippen LogP contribution in [0.1, 0.15) is 0 Å². The summed E-state index contributed by atoms with van der Waals surface area (Å²) in [6.45, 7) is 0. The summed E-state index contributed by atoms with van der Waals surface area (Å²) in [4.78, 5) is 1.33. The van der Waals surface area contributed by atoms with Crippen LogP contribution in [0, 0.1) is 0 Å². The van der Waals surface area contributed by atoms with Gasteiger partial charge < -0.3 is 4.57 Å². The first-order valence-corrected chi connectivity index (χ1v) is 6.02. The smallest absolute Gasteiger partial charge is 0.0490 e. The Morgan fingerprint density at radius 3 is 2.85 bits per heavy atom. The van der Waals surface area contributed by atoms with Crippen molar-refractivity contribution in [3.63, 3.8) is 0 Å². The Balaban J connectivity index is 2.81. The number of hydrogen-bond acceptors (Lipinski definition) is 1. The Labute approximate surface area is 90.3 Å². The molecule has 0 N–H and O–H groups in total. The van der Waals surface area contributed by atoms with Gasteiger partial charge >= 0.3 is 0 Å². The number of fused-ring (bicyclic) bond motifs is 1. The molecule has 1 heterocycles. The van der Waals surface area contributed by atoms with Gasteiger partial charge in [-0.2, -0.15) is 0 Å². The molecule has 0 radical (unpaired) electrons. The Kier molecular flexibility index (Phi) is 2.39. The van der Waals surface area contributed by atoms with Gasteiger partial charge in [-0.15, -0.1) is 11.8 Å². The van der Waals surface area contributed by atoms with Crippen LogP contribution in [0.25, 0.3) is 10.9 Å². The summed E-state index contributed by atoms with van der Waals surface area (Å²) in [5.74, 6) is 0. The summed E-state index contributed by atoms with van der Waals surface area (Å²) in [6, 6.07) is 6.38. The molecule has 13 heavy (non-hydrogen) atoms. The van der Waals surface area contributed by atoms with Crippen LogP contribution >= 0.6 is 27.7 Å². The highest BCUT2D eigenvalue weighted by molar-refractivity contribution is 9.10. The third kappa shape index (κ3) is 1.51. The number of aromatic nitrogens is 1. The molecule has 0 saturated heterocycles. The van der Waals surface area contributed by atoms with Crippen molar-refractivity contribution in [2.75, 3.05) is 6.26 Å². The predicted octanol–water partition coefficient (Wildman–Crippen LogP) is 3.66. The van der Waals surface area contributed by atoms with E-state index in [4.69, 9.17) is 0 Å². The summed E-state index contributed by atoms with van der Waals surface area (Å²) in [6.07, 6.45) is 4.28. The molecular formula is C10H10BrNS. The molecule has 68 valence electrons. The van der Waals surface area contributed by atoms with Gasteiger partial charge in [-0.3, -0.25) is 0 Å². The molecule has 0 spiro atoms. The first kappa shape index (κ1) is 9.16. The van der Waals surface area contributed by atoms with Crippen LogP contribution in [0.3, 0.4) is 0 Å². The summed E-state index contributed by atoms with van der Waals surface area (Å²) >= 11 is 5.27. The minimum Gasteiger partial charge on any atom is -0.349 e. The molecule has 1 nitrogen and oxygen atoms in total. The zero-order valence-corrected chi connectivity index (χ0v) is 9.95. The van der Waals surface area contributed by atoms with E-state index in [0.717, 1.165) is 4.47 Å². The van der Waals surface area contributed by atoms with Crippen molar-refractivity contribution in [1.82, 2.24) is 4.57 Å². The van der Waals surface area contributed by atoms with Crippen molar-refractivity contribution in [2.24, 2.45) is 7.05 Å². The molecule has 3 heteroatoms. The lowest BCUT2D eigenvalue weighted by Crippen LogP contribution is -1.82. The number of aryl methyl sites for hydroxylation is 1. The van der Waals surface area contributed by atoms with Crippen LogP contribution in [0.15, 0.2) is 33.8 Å². The Bertz CT molecular complexity index is 447. The van der Waals surface area contributed by atoms with Crippen LogP contribution in [0.2, 0.25) is 0 Å². The number of nitrogens with zero attached hydrogens (tertiary/aromatic N) is 1. The zero-order chi connectivity index (χ0) is 9.42. The van der Waals surface area contributed by atoms with E-state index in [1.807, 2.05) is 0 Å². The first-order chi connectivity index (χ1) is 6.22. The SMILES string of the molecule is CSc1cn(C)c2ccc(Br)cc12. The molecule has 0 unspecified atom stereocenters. The second-order valence-corrected chi connectivity index (χ2v) is 4.73. The van der Waals surface area contributed by atoms with Crippen LogP contribution in [0.4, 0.5) is 0 Å². The normalized spacial score (nSPS) is 11.0. The van der Waals surface area contributed by atoms with Gasteiger partial charge in [-0.25, -0.2) is 0 Å². The third-order valence-corrected chi connectivity index (χ3v) is 3.39. The van der Waals surface area contributed by atoms with Gasteiger partial charge in [-0.1, -0.05) is 15.9 Å². The number of benzene rings is 1. The minimum absolute atomic E-state index is 1.14. The van der Waals surface area contributed by atoms with Crippen molar-refractivity contribution >= 4 is 38.6 Å². The zero-order valence-electron chi connectivity index (χ0n) is 7.54. The topological polar surface area (TPSA) is 4.93 Å². The van der Waals surface area contributed by atoms with Gasteiger partial charge in [-0.05, 0) is 24.5 Å². The fourth-order valence-corrected chi connectivity index (χ4v) is 2.50. The van der Waals surface area contributed by atoms with Gasteiger partial charge in [0.25, 0.3) is 0 Å². The average molecular weight is 256 g/mol. The van der Waals surface area contributed by atoms with Crippen molar-refractivity contribution in [3.05, 3.63) is 28.9 Å². The van der Waals surface area contributed by atoms with E-state index in [-0.39, 0.29) is 0 Å². The van der Waals surface area contributed by atoms with Gasteiger partial charge in [0, 0.05) is 33.5 Å². The van der Waals surface area contributed by atoms with Gasteiger partial charge in [0.1, 0.15) is 0 Å². The average Bonchev–Trinajstić information content (AvgIpc) is 2.42. The third-order valence-electron chi connectivity index (χ3n) is 2.13. The standard InChI is InChI=1S/C10H10BrNS/c1-12-6-10(13-2)8-5-7(11)3-4-9(8)12/h3-6H,1-2H3. The summed E-state index contributed by atoms with van der Waals surface area (Å²) in [5.41, 5.74) is 1.28. The molecule has 2 rings (SSSR count).